The quantitative estimate of drug-likeness (QED) is 0.694. The number of hydrogen-bond donors (Lipinski definition) is 2. The molecule has 0 aliphatic heterocycles. The van der Waals surface area contributed by atoms with Gasteiger partial charge >= 0.3 is 5.97 Å². The minimum Gasteiger partial charge on any atom is -0.464 e. The summed E-state index contributed by atoms with van der Waals surface area (Å²) in [6.45, 7) is 1.86. The van der Waals surface area contributed by atoms with Gasteiger partial charge in [-0.25, -0.2) is 9.89 Å². The Hall–Kier alpha value is -3.86. The lowest BCUT2D eigenvalue weighted by molar-refractivity contribution is 0.0593. The van der Waals surface area contributed by atoms with Gasteiger partial charge in [-0.15, -0.1) is 0 Å². The predicted octanol–water partition coefficient (Wildman–Crippen LogP) is 1.78. The van der Waals surface area contributed by atoms with Crippen LogP contribution in [0.15, 0.2) is 41.3 Å². The van der Waals surface area contributed by atoms with Crippen molar-refractivity contribution >= 4 is 11.7 Å². The number of rotatable bonds is 3. The number of methoxy groups -OCH3 is 1. The average molecular weight is 349 g/mol. The lowest BCUT2D eigenvalue weighted by atomic mass is 10.1. The number of nitrogens with two attached hydrogens (primary N) is 1. The Kier molecular flexibility index (Phi) is 4.29. The number of nitrogens with zero attached hydrogens (tertiary/aromatic N) is 3. The molecule has 26 heavy (non-hydrogen) atoms. The number of nitrogen functional groups attached to an aromatic ring is 1. The van der Waals surface area contributed by atoms with E-state index in [2.05, 4.69) is 10.2 Å². The molecule has 0 saturated heterocycles. The van der Waals surface area contributed by atoms with Gasteiger partial charge in [-0.2, -0.15) is 10.4 Å². The number of H-pyrrole nitrogens is 1. The van der Waals surface area contributed by atoms with Gasteiger partial charge in [0.1, 0.15) is 6.07 Å². The minimum absolute atomic E-state index is 0.0614. The molecule has 0 aliphatic carbocycles. The monoisotopic (exact) mass is 349 g/mol. The Morgan fingerprint density at radius 3 is 2.73 bits per heavy atom. The molecule has 0 saturated carbocycles. The Bertz CT molecular complexity index is 1080. The standard InChI is InChI=1S/C18H15N5O3/c1-10-3-4-11(13-5-6-15(24)22-21-13)7-14(10)23-9-12(8-19)16(20)17(23)18(25)26-2/h3-7,9H,20H2,1-2H3,(H,22,24). The van der Waals surface area contributed by atoms with Gasteiger partial charge in [0.15, 0.2) is 5.69 Å². The van der Waals surface area contributed by atoms with Crippen molar-refractivity contribution in [3.8, 4) is 23.0 Å². The first-order valence-corrected chi connectivity index (χ1v) is 7.62. The maximum absolute atomic E-state index is 12.2. The molecule has 1 aromatic carbocycles. The van der Waals surface area contributed by atoms with Crippen LogP contribution < -0.4 is 11.3 Å². The number of nitrogens with one attached hydrogen (secondary N) is 1. The molecule has 8 nitrogen and oxygen atoms in total. The zero-order chi connectivity index (χ0) is 18.8. The number of anilines is 1. The van der Waals surface area contributed by atoms with Crippen LogP contribution in [0.1, 0.15) is 21.6 Å². The van der Waals surface area contributed by atoms with E-state index in [1.54, 1.807) is 12.1 Å². The largest absolute Gasteiger partial charge is 0.464 e. The fourth-order valence-electron chi connectivity index (χ4n) is 2.64. The number of aromatic nitrogens is 3. The molecule has 130 valence electrons. The second-order valence-corrected chi connectivity index (χ2v) is 5.59. The van der Waals surface area contributed by atoms with Crippen molar-refractivity contribution < 1.29 is 9.53 Å². The third-order valence-corrected chi connectivity index (χ3v) is 3.99. The molecular weight excluding hydrogens is 334 g/mol. The average Bonchev–Trinajstić information content (AvgIpc) is 2.98. The van der Waals surface area contributed by atoms with Crippen LogP contribution in [0.4, 0.5) is 5.69 Å². The summed E-state index contributed by atoms with van der Waals surface area (Å²) in [4.78, 5) is 23.4. The lowest BCUT2D eigenvalue weighted by Gasteiger charge is -2.13. The van der Waals surface area contributed by atoms with Gasteiger partial charge in [0.05, 0.1) is 24.1 Å². The number of benzene rings is 1. The maximum atomic E-state index is 12.2. The van der Waals surface area contributed by atoms with E-state index in [1.807, 2.05) is 25.1 Å². The molecule has 2 heterocycles. The van der Waals surface area contributed by atoms with Crippen LogP contribution in [-0.2, 0) is 4.74 Å². The van der Waals surface area contributed by atoms with Gasteiger partial charge in [-0.3, -0.25) is 4.79 Å². The summed E-state index contributed by atoms with van der Waals surface area (Å²) in [6.07, 6.45) is 1.49. The third kappa shape index (κ3) is 2.82. The summed E-state index contributed by atoms with van der Waals surface area (Å²) in [7, 11) is 1.25. The molecule has 0 amide bonds. The second-order valence-electron chi connectivity index (χ2n) is 5.59. The van der Waals surface area contributed by atoms with Crippen molar-refractivity contribution in [3.63, 3.8) is 0 Å². The van der Waals surface area contributed by atoms with Gasteiger partial charge in [-0.05, 0) is 24.6 Å². The molecule has 0 spiro atoms. The summed E-state index contributed by atoms with van der Waals surface area (Å²) in [6, 6.07) is 10.4. The Morgan fingerprint density at radius 2 is 2.12 bits per heavy atom. The van der Waals surface area contributed by atoms with E-state index in [-0.39, 0.29) is 22.5 Å². The number of aryl methyl sites for hydroxylation is 1. The summed E-state index contributed by atoms with van der Waals surface area (Å²) in [5.41, 5.74) is 8.75. The third-order valence-electron chi connectivity index (χ3n) is 3.99. The van der Waals surface area contributed by atoms with Crippen molar-refractivity contribution in [1.29, 1.82) is 5.26 Å². The van der Waals surface area contributed by atoms with E-state index in [9.17, 15) is 14.9 Å². The number of aromatic amines is 1. The summed E-state index contributed by atoms with van der Waals surface area (Å²) in [5.74, 6) is -0.643. The van der Waals surface area contributed by atoms with Crippen molar-refractivity contribution in [2.45, 2.75) is 6.92 Å². The highest BCUT2D eigenvalue weighted by molar-refractivity contribution is 5.96. The predicted molar refractivity (Wildman–Crippen MR) is 94.8 cm³/mol. The Labute approximate surface area is 148 Å². The molecule has 0 radical (unpaired) electrons. The zero-order valence-electron chi connectivity index (χ0n) is 14.1. The number of carbonyl (C=O) groups is 1. The Balaban J connectivity index is 2.23. The van der Waals surface area contributed by atoms with E-state index >= 15 is 0 Å². The smallest absolute Gasteiger partial charge is 0.357 e. The van der Waals surface area contributed by atoms with E-state index < -0.39 is 5.97 Å². The molecule has 0 fully saturated rings. The molecule has 2 aromatic heterocycles. The van der Waals surface area contributed by atoms with Crippen molar-refractivity contribution in [3.05, 3.63) is 63.7 Å². The number of esters is 1. The van der Waals surface area contributed by atoms with Crippen molar-refractivity contribution in [2.75, 3.05) is 12.8 Å². The highest BCUT2D eigenvalue weighted by Gasteiger charge is 2.22. The number of hydrogen-bond acceptors (Lipinski definition) is 6. The molecular formula is C18H15N5O3. The second kappa shape index (κ2) is 6.57. The normalized spacial score (nSPS) is 10.3. The van der Waals surface area contributed by atoms with Crippen molar-refractivity contribution in [1.82, 2.24) is 14.8 Å². The number of ether oxygens (including phenoxy) is 1. The highest BCUT2D eigenvalue weighted by atomic mass is 16.5. The highest BCUT2D eigenvalue weighted by Crippen LogP contribution is 2.29. The van der Waals surface area contributed by atoms with Crippen LogP contribution in [0.3, 0.4) is 0 Å². The Morgan fingerprint density at radius 1 is 1.35 bits per heavy atom. The fourth-order valence-corrected chi connectivity index (χ4v) is 2.64. The topological polar surface area (TPSA) is 127 Å². The molecule has 0 unspecified atom stereocenters. The van der Waals surface area contributed by atoms with Crippen LogP contribution in [0.25, 0.3) is 16.9 Å². The minimum atomic E-state index is -0.643. The first kappa shape index (κ1) is 17.0. The van der Waals surface area contributed by atoms with Crippen LogP contribution in [-0.4, -0.2) is 27.8 Å². The van der Waals surface area contributed by atoms with Crippen LogP contribution in [0, 0.1) is 18.3 Å². The van der Waals surface area contributed by atoms with Crippen LogP contribution in [0.5, 0.6) is 0 Å². The van der Waals surface area contributed by atoms with Crippen molar-refractivity contribution in [2.24, 2.45) is 0 Å². The first-order valence-electron chi connectivity index (χ1n) is 7.62. The van der Waals surface area contributed by atoms with Gasteiger partial charge in [0.2, 0.25) is 0 Å². The van der Waals surface area contributed by atoms with Gasteiger partial charge in [-0.1, -0.05) is 12.1 Å². The number of nitriles is 1. The maximum Gasteiger partial charge on any atom is 0.357 e. The fraction of sp³-hybridized carbons (Fsp3) is 0.111. The van der Waals surface area contributed by atoms with E-state index in [4.69, 9.17) is 10.5 Å². The summed E-state index contributed by atoms with van der Waals surface area (Å²) >= 11 is 0. The summed E-state index contributed by atoms with van der Waals surface area (Å²) in [5, 5.41) is 15.6. The molecule has 0 atom stereocenters. The SMILES string of the molecule is COC(=O)c1c(N)c(C#N)cn1-c1cc(-c2ccc(=O)[nH]n2)ccc1C. The van der Waals surface area contributed by atoms with Gasteiger partial charge in [0, 0.05) is 23.5 Å². The summed E-state index contributed by atoms with van der Waals surface area (Å²) < 4.78 is 6.34. The van der Waals surface area contributed by atoms with E-state index in [1.165, 1.54) is 23.9 Å². The molecule has 0 aliphatic rings. The molecule has 0 bridgehead atoms. The van der Waals surface area contributed by atoms with Crippen LogP contribution >= 0.6 is 0 Å². The first-order chi connectivity index (χ1) is 12.5. The van der Waals surface area contributed by atoms with E-state index in [0.717, 1.165) is 11.1 Å². The van der Waals surface area contributed by atoms with E-state index in [0.29, 0.717) is 11.4 Å². The van der Waals surface area contributed by atoms with Crippen LogP contribution in [0.2, 0.25) is 0 Å². The molecule has 3 N–H and O–H groups in total. The molecule has 3 rings (SSSR count). The molecule has 8 heteroatoms. The molecule has 3 aromatic rings. The zero-order valence-corrected chi connectivity index (χ0v) is 14.1. The van der Waals surface area contributed by atoms with Gasteiger partial charge in [0.25, 0.3) is 5.56 Å². The van der Waals surface area contributed by atoms with Gasteiger partial charge < -0.3 is 15.0 Å². The lowest BCUT2D eigenvalue weighted by Crippen LogP contribution is -2.12. The number of carbonyl (C=O) groups excluding carboxylic acids is 1.